The molecular formula is C22H27N3O4S. The summed E-state index contributed by atoms with van der Waals surface area (Å²) in [5, 5.41) is 3.06. The summed E-state index contributed by atoms with van der Waals surface area (Å²) in [7, 11) is -3.74. The van der Waals surface area contributed by atoms with Gasteiger partial charge >= 0.3 is 0 Å². The van der Waals surface area contributed by atoms with E-state index in [0.29, 0.717) is 29.6 Å². The molecule has 1 aliphatic carbocycles. The van der Waals surface area contributed by atoms with Gasteiger partial charge in [0.05, 0.1) is 11.5 Å². The predicted octanol–water partition coefficient (Wildman–Crippen LogP) is 2.85. The van der Waals surface area contributed by atoms with Gasteiger partial charge in [0, 0.05) is 36.4 Å². The van der Waals surface area contributed by atoms with Crippen LogP contribution in [-0.2, 0) is 10.0 Å². The van der Waals surface area contributed by atoms with E-state index in [1.54, 1.807) is 36.4 Å². The van der Waals surface area contributed by atoms with Gasteiger partial charge in [0.1, 0.15) is 5.75 Å². The Morgan fingerprint density at radius 2 is 1.77 bits per heavy atom. The number of nitrogens with one attached hydrogen (secondary N) is 2. The molecule has 1 heterocycles. The fraction of sp³-hybridized carbons (Fsp3) is 0.409. The number of rotatable bonds is 8. The van der Waals surface area contributed by atoms with E-state index in [9.17, 15) is 13.2 Å². The van der Waals surface area contributed by atoms with E-state index in [4.69, 9.17) is 4.74 Å². The van der Waals surface area contributed by atoms with E-state index in [1.165, 1.54) is 25.0 Å². The number of likely N-dealkylation sites (tertiary alicyclic amines) is 1. The molecule has 7 nitrogen and oxygen atoms in total. The zero-order chi connectivity index (χ0) is 21.1. The van der Waals surface area contributed by atoms with E-state index in [-0.39, 0.29) is 16.8 Å². The Morgan fingerprint density at radius 1 is 1.07 bits per heavy atom. The Hall–Kier alpha value is -2.58. The fourth-order valence-electron chi connectivity index (χ4n) is 3.73. The minimum absolute atomic E-state index is 0.105. The highest BCUT2D eigenvalue weighted by Crippen LogP contribution is 2.29. The first kappa shape index (κ1) is 20.7. The highest BCUT2D eigenvalue weighted by atomic mass is 32.2. The van der Waals surface area contributed by atoms with Gasteiger partial charge in [0.2, 0.25) is 0 Å². The first-order valence-electron chi connectivity index (χ1n) is 10.4. The zero-order valence-corrected chi connectivity index (χ0v) is 17.8. The molecule has 0 bridgehead atoms. The topological polar surface area (TPSA) is 87.7 Å². The Bertz CT molecular complexity index is 986. The highest BCUT2D eigenvalue weighted by Gasteiger charge is 2.34. The van der Waals surface area contributed by atoms with Crippen molar-refractivity contribution < 1.29 is 17.9 Å². The van der Waals surface area contributed by atoms with Gasteiger partial charge in [-0.05, 0) is 74.7 Å². The molecule has 1 amide bonds. The average Bonchev–Trinajstić information content (AvgIpc) is 3.49. The second-order valence-electron chi connectivity index (χ2n) is 7.77. The van der Waals surface area contributed by atoms with Gasteiger partial charge in [0.15, 0.2) is 0 Å². The molecule has 160 valence electrons. The maximum atomic E-state index is 12.6. The first-order chi connectivity index (χ1) is 14.4. The van der Waals surface area contributed by atoms with Crippen LogP contribution in [0.15, 0.2) is 53.4 Å². The quantitative estimate of drug-likeness (QED) is 0.674. The molecule has 2 N–H and O–H groups in total. The lowest BCUT2D eigenvalue weighted by atomic mass is 10.2. The van der Waals surface area contributed by atoms with Crippen molar-refractivity contribution in [2.24, 2.45) is 0 Å². The number of carbonyl (C=O) groups excluding carboxylic acids is 1. The van der Waals surface area contributed by atoms with Gasteiger partial charge in [-0.15, -0.1) is 0 Å². The molecule has 8 heteroatoms. The molecular weight excluding hydrogens is 402 g/mol. The van der Waals surface area contributed by atoms with Gasteiger partial charge in [-0.3, -0.25) is 14.4 Å². The van der Waals surface area contributed by atoms with Crippen LogP contribution < -0.4 is 14.8 Å². The number of benzene rings is 2. The zero-order valence-electron chi connectivity index (χ0n) is 17.0. The molecule has 2 fully saturated rings. The van der Waals surface area contributed by atoms with Crippen molar-refractivity contribution in [2.45, 2.75) is 43.2 Å². The SMILES string of the molecule is CCOc1ccc(NS(=O)(=O)c2ccc(C(=O)NC3CCN(C4CC4)C3)cc2)cc1. The predicted molar refractivity (Wildman–Crippen MR) is 115 cm³/mol. The summed E-state index contributed by atoms with van der Waals surface area (Å²) in [5.74, 6) is 0.513. The molecule has 1 unspecified atom stereocenters. The summed E-state index contributed by atoms with van der Waals surface area (Å²) < 4.78 is 33.2. The van der Waals surface area contributed by atoms with Crippen molar-refractivity contribution in [1.82, 2.24) is 10.2 Å². The Kier molecular flexibility index (Phi) is 5.97. The van der Waals surface area contributed by atoms with Crippen LogP contribution in [0.3, 0.4) is 0 Å². The molecule has 0 aromatic heterocycles. The van der Waals surface area contributed by atoms with Crippen LogP contribution >= 0.6 is 0 Å². The number of nitrogens with zero attached hydrogens (tertiary/aromatic N) is 1. The number of sulfonamides is 1. The number of carbonyl (C=O) groups is 1. The van der Waals surface area contributed by atoms with E-state index in [2.05, 4.69) is 14.9 Å². The van der Waals surface area contributed by atoms with Gasteiger partial charge in [-0.2, -0.15) is 0 Å². The average molecular weight is 430 g/mol. The molecule has 1 saturated heterocycles. The van der Waals surface area contributed by atoms with Crippen LogP contribution in [0.4, 0.5) is 5.69 Å². The monoisotopic (exact) mass is 429 g/mol. The Balaban J connectivity index is 1.36. The second kappa shape index (κ2) is 8.65. The standard InChI is InChI=1S/C22H27N3O4S/c1-2-29-20-9-5-17(6-10-20)24-30(27,28)21-11-3-16(4-12-21)22(26)23-18-13-14-25(15-18)19-7-8-19/h3-6,9-12,18-19,24H,2,7-8,13-15H2,1H3,(H,23,26). The second-order valence-corrected chi connectivity index (χ2v) is 9.45. The minimum atomic E-state index is -3.74. The van der Waals surface area contributed by atoms with Crippen molar-refractivity contribution >= 4 is 21.6 Å². The van der Waals surface area contributed by atoms with Crippen LogP contribution in [-0.4, -0.2) is 51.0 Å². The Morgan fingerprint density at radius 3 is 2.40 bits per heavy atom. The molecule has 2 aromatic rings. The summed E-state index contributed by atoms with van der Waals surface area (Å²) in [6, 6.07) is 13.6. The van der Waals surface area contributed by atoms with Crippen LogP contribution in [0.25, 0.3) is 0 Å². The molecule has 2 aliphatic rings. The van der Waals surface area contributed by atoms with Crippen LogP contribution in [0.2, 0.25) is 0 Å². The number of amides is 1. The first-order valence-corrected chi connectivity index (χ1v) is 11.8. The maximum Gasteiger partial charge on any atom is 0.261 e. The van der Waals surface area contributed by atoms with E-state index < -0.39 is 10.0 Å². The van der Waals surface area contributed by atoms with Gasteiger partial charge in [0.25, 0.3) is 15.9 Å². The largest absolute Gasteiger partial charge is 0.494 e. The molecule has 30 heavy (non-hydrogen) atoms. The number of hydrogen-bond acceptors (Lipinski definition) is 5. The van der Waals surface area contributed by atoms with Crippen molar-refractivity contribution in [2.75, 3.05) is 24.4 Å². The Labute approximate surface area is 177 Å². The van der Waals surface area contributed by atoms with E-state index in [0.717, 1.165) is 19.5 Å². The van der Waals surface area contributed by atoms with E-state index >= 15 is 0 Å². The van der Waals surface area contributed by atoms with Crippen LogP contribution in [0.5, 0.6) is 5.75 Å². The lowest BCUT2D eigenvalue weighted by Crippen LogP contribution is -2.37. The van der Waals surface area contributed by atoms with E-state index in [1.807, 2.05) is 6.92 Å². The summed E-state index contributed by atoms with van der Waals surface area (Å²) in [6.45, 7) is 4.36. The fourth-order valence-corrected chi connectivity index (χ4v) is 4.79. The lowest BCUT2D eigenvalue weighted by molar-refractivity contribution is 0.0937. The molecule has 0 radical (unpaired) electrons. The third-order valence-electron chi connectivity index (χ3n) is 5.46. The van der Waals surface area contributed by atoms with Crippen LogP contribution in [0, 0.1) is 0 Å². The third kappa shape index (κ3) is 4.94. The summed E-state index contributed by atoms with van der Waals surface area (Å²) in [4.78, 5) is 15.1. The van der Waals surface area contributed by atoms with Crippen molar-refractivity contribution in [3.05, 3.63) is 54.1 Å². The van der Waals surface area contributed by atoms with Gasteiger partial charge in [-0.25, -0.2) is 8.42 Å². The molecule has 4 rings (SSSR count). The number of ether oxygens (including phenoxy) is 1. The van der Waals surface area contributed by atoms with Crippen LogP contribution in [0.1, 0.15) is 36.5 Å². The molecule has 1 atom stereocenters. The van der Waals surface area contributed by atoms with Gasteiger partial charge < -0.3 is 10.1 Å². The van der Waals surface area contributed by atoms with Crippen molar-refractivity contribution in [1.29, 1.82) is 0 Å². The normalized spacial score (nSPS) is 19.4. The molecule has 1 saturated carbocycles. The molecule has 2 aromatic carbocycles. The highest BCUT2D eigenvalue weighted by molar-refractivity contribution is 7.92. The smallest absolute Gasteiger partial charge is 0.261 e. The van der Waals surface area contributed by atoms with Crippen molar-refractivity contribution in [3.63, 3.8) is 0 Å². The summed E-state index contributed by atoms with van der Waals surface area (Å²) >= 11 is 0. The number of hydrogen-bond donors (Lipinski definition) is 2. The third-order valence-corrected chi connectivity index (χ3v) is 6.86. The minimum Gasteiger partial charge on any atom is -0.494 e. The van der Waals surface area contributed by atoms with Crippen molar-refractivity contribution in [3.8, 4) is 5.75 Å². The number of anilines is 1. The van der Waals surface area contributed by atoms with Gasteiger partial charge in [-0.1, -0.05) is 0 Å². The molecule has 0 spiro atoms. The molecule has 1 aliphatic heterocycles. The lowest BCUT2D eigenvalue weighted by Gasteiger charge is -2.16. The summed E-state index contributed by atoms with van der Waals surface area (Å²) in [5.41, 5.74) is 0.904. The maximum absolute atomic E-state index is 12.6. The summed E-state index contributed by atoms with van der Waals surface area (Å²) in [6.07, 6.45) is 3.49.